The molecule has 0 heterocycles. The summed E-state index contributed by atoms with van der Waals surface area (Å²) in [5.74, 6) is -0.671. The summed E-state index contributed by atoms with van der Waals surface area (Å²) in [5, 5.41) is 12.7. The Bertz CT molecular complexity index is 3210. The van der Waals surface area contributed by atoms with E-state index in [0.717, 1.165) is 64.6 Å². The molecule has 0 N–H and O–H groups in total. The van der Waals surface area contributed by atoms with E-state index in [0.29, 0.717) is 66.1 Å². The van der Waals surface area contributed by atoms with Crippen LogP contribution in [0.4, 0.5) is 0 Å². The van der Waals surface area contributed by atoms with Gasteiger partial charge in [-0.2, -0.15) is 24.3 Å². The van der Waals surface area contributed by atoms with Crippen molar-refractivity contribution in [3.63, 3.8) is 0 Å². The van der Waals surface area contributed by atoms with Crippen molar-refractivity contribution in [1.82, 2.24) is 0 Å². The molecule has 278 valence electrons. The molecule has 0 fully saturated rings. The minimum Gasteiger partial charge on any atom is -0.376 e. The Morgan fingerprint density at radius 1 is 0.267 bits per heavy atom. The number of fused-ring (bicyclic) bond motifs is 4. The number of carbonyl (C=O) groups is 4. The topological polar surface area (TPSA) is 137 Å². The van der Waals surface area contributed by atoms with Crippen molar-refractivity contribution >= 4 is 134 Å². The Morgan fingerprint density at radius 3 is 0.683 bits per heavy atom. The van der Waals surface area contributed by atoms with Crippen molar-refractivity contribution in [2.24, 2.45) is 0 Å². The molecule has 2 aliphatic carbocycles. The molecular weight excluding hydrogens is 906 g/mol. The van der Waals surface area contributed by atoms with E-state index in [4.69, 9.17) is 0 Å². The van der Waals surface area contributed by atoms with Crippen LogP contribution in [0, 0.1) is 0 Å². The predicted octanol–water partition coefficient (Wildman–Crippen LogP) is 8.84. The van der Waals surface area contributed by atoms with Gasteiger partial charge in [-0.25, -0.2) is 0 Å². The minimum absolute atomic E-state index is 0. The number of carbonyl (C=O) groups excluding carboxylic acids is 8. The van der Waals surface area contributed by atoms with Crippen molar-refractivity contribution < 1.29 is 104 Å². The average Bonchev–Trinajstić information content (AvgIpc) is 3.25. The zero-order valence-electron chi connectivity index (χ0n) is 31.1. The molecule has 2 aliphatic rings. The first-order valence-electron chi connectivity index (χ1n) is 18.3. The zero-order chi connectivity index (χ0) is 39.7. The Morgan fingerprint density at radius 2 is 0.467 bits per heavy atom. The summed E-state index contributed by atoms with van der Waals surface area (Å²) in [4.78, 5) is 96.2. The maximum Gasteiger partial charge on any atom is 0.171 e. The molecule has 12 rings (SSSR count). The fourth-order valence-electron chi connectivity index (χ4n) is 9.72. The molecule has 0 saturated carbocycles. The minimum atomic E-state index is -0.168. The van der Waals surface area contributed by atoms with Crippen LogP contribution in [0.1, 0.15) is 76.5 Å². The van der Waals surface area contributed by atoms with Crippen molar-refractivity contribution in [2.45, 2.75) is 12.8 Å². The van der Waals surface area contributed by atoms with Crippen LogP contribution in [0.5, 0.6) is 0 Å². The SMILES string of the molecule is O=[C-]c1ccc2c3ccc4c5c(ccc(c6ccc([C-]=O)c1c26)c53)C(=O)CC4=O.O=[C-]c1ccc2c3ccc4c5c(ccc(c6ccc([C-]=O)c1c26)c53)C(=O)CC4=O.[Y].[Y]. The summed E-state index contributed by atoms with van der Waals surface area (Å²) in [6.07, 6.45) is 7.49. The largest absolute Gasteiger partial charge is 0.376 e. The van der Waals surface area contributed by atoms with E-state index in [-0.39, 0.29) is 101 Å². The van der Waals surface area contributed by atoms with Gasteiger partial charge in [-0.15, -0.1) is 57.3 Å². The molecule has 60 heavy (non-hydrogen) atoms. The Hall–Kier alpha value is -5.63. The number of Topliss-reactive ketones (excluding diaryl/α,β-unsaturated/α-hetero) is 4. The van der Waals surface area contributed by atoms with Crippen molar-refractivity contribution in [3.8, 4) is 0 Å². The maximum atomic E-state index is 12.5. The van der Waals surface area contributed by atoms with Crippen LogP contribution in [-0.2, 0) is 84.6 Å². The molecule has 2 radical (unpaired) electrons. The van der Waals surface area contributed by atoms with E-state index in [2.05, 4.69) is 0 Å². The van der Waals surface area contributed by atoms with Gasteiger partial charge in [-0.1, -0.05) is 59.3 Å². The molecule has 0 atom stereocenters. The molecule has 0 amide bonds. The van der Waals surface area contributed by atoms with E-state index in [1.165, 1.54) is 0 Å². The number of hydrogen-bond acceptors (Lipinski definition) is 8. The molecule has 0 bridgehead atoms. The summed E-state index contributed by atoms with van der Waals surface area (Å²) in [6.45, 7) is 0. The van der Waals surface area contributed by atoms with Crippen LogP contribution in [0.3, 0.4) is 0 Å². The monoisotopic (exact) mass is 926 g/mol. The van der Waals surface area contributed by atoms with Gasteiger partial charge in [0, 0.05) is 98.4 Å². The Balaban J connectivity index is 0.000000149. The van der Waals surface area contributed by atoms with Crippen LogP contribution >= 0.6 is 0 Å². The van der Waals surface area contributed by atoms with Gasteiger partial charge in [0.2, 0.25) is 0 Å². The Labute approximate surface area is 389 Å². The van der Waals surface area contributed by atoms with Gasteiger partial charge in [-0.3, -0.25) is 19.2 Å². The fraction of sp³-hybridized carbons (Fsp3) is 0.0400. The molecule has 0 saturated heterocycles. The summed E-state index contributed by atoms with van der Waals surface area (Å²) >= 11 is 0. The molecular formula is C50H20O8Y2-4. The first-order valence-corrected chi connectivity index (χ1v) is 18.3. The first kappa shape index (κ1) is 39.8. The second-order valence-electron chi connectivity index (χ2n) is 14.7. The molecule has 0 aromatic heterocycles. The molecule has 8 nitrogen and oxygen atoms in total. The molecule has 10 aromatic carbocycles. The van der Waals surface area contributed by atoms with E-state index >= 15 is 0 Å². The van der Waals surface area contributed by atoms with Gasteiger partial charge in [-0.05, 0) is 53.9 Å². The quantitative estimate of drug-likeness (QED) is 0.0740. The van der Waals surface area contributed by atoms with Crippen LogP contribution in [0.15, 0.2) is 97.1 Å². The van der Waals surface area contributed by atoms with Gasteiger partial charge in [0.25, 0.3) is 0 Å². The van der Waals surface area contributed by atoms with Crippen LogP contribution in [0.25, 0.3) is 86.2 Å². The molecule has 0 spiro atoms. The van der Waals surface area contributed by atoms with Gasteiger partial charge in [0.15, 0.2) is 23.1 Å². The molecule has 10 aromatic rings. The number of benzene rings is 10. The number of ketones is 4. The standard InChI is InChI=1S/2C25H10O4.2Y/c2*26-10-12-1-3-14-16-5-7-18-20(28)9-21(29)19-8-6-17(24(16)25(18)19)15-4-2-13(11-27)22(12)23(14)15;;/h2*1-8H,9H2;;/q2*-2;;. The third-order valence-corrected chi connectivity index (χ3v) is 12.1. The van der Waals surface area contributed by atoms with Crippen molar-refractivity contribution in [1.29, 1.82) is 0 Å². The second-order valence-corrected chi connectivity index (χ2v) is 14.7. The zero-order valence-corrected chi connectivity index (χ0v) is 36.7. The van der Waals surface area contributed by atoms with E-state index in [1.54, 1.807) is 48.5 Å². The molecule has 0 aliphatic heterocycles. The summed E-state index contributed by atoms with van der Waals surface area (Å²) in [5.41, 5.74) is 3.50. The van der Waals surface area contributed by atoms with Gasteiger partial charge < -0.3 is 19.2 Å². The Kier molecular flexibility index (Phi) is 9.64. The number of rotatable bonds is 4. The third-order valence-electron chi connectivity index (χ3n) is 12.1. The summed E-state index contributed by atoms with van der Waals surface area (Å²) < 4.78 is 0. The normalized spacial score (nSPS) is 13.3. The summed E-state index contributed by atoms with van der Waals surface area (Å²) in [6, 6.07) is 28.5. The predicted molar refractivity (Wildman–Crippen MR) is 221 cm³/mol. The van der Waals surface area contributed by atoms with Crippen LogP contribution < -0.4 is 0 Å². The van der Waals surface area contributed by atoms with E-state index in [9.17, 15) is 38.4 Å². The van der Waals surface area contributed by atoms with Crippen molar-refractivity contribution in [3.05, 3.63) is 142 Å². The summed E-state index contributed by atoms with van der Waals surface area (Å²) in [7, 11) is 0. The van der Waals surface area contributed by atoms with Crippen LogP contribution in [-0.4, -0.2) is 48.3 Å². The van der Waals surface area contributed by atoms with Crippen LogP contribution in [0.2, 0.25) is 0 Å². The molecule has 10 heteroatoms. The smallest absolute Gasteiger partial charge is 0.171 e. The van der Waals surface area contributed by atoms with Gasteiger partial charge >= 0.3 is 0 Å². The van der Waals surface area contributed by atoms with Gasteiger partial charge in [0.05, 0.1) is 38.0 Å². The third kappa shape index (κ3) is 5.24. The fourth-order valence-corrected chi connectivity index (χ4v) is 9.72. The maximum absolute atomic E-state index is 12.5. The first-order chi connectivity index (χ1) is 28.3. The van der Waals surface area contributed by atoms with E-state index in [1.807, 2.05) is 73.7 Å². The van der Waals surface area contributed by atoms with E-state index < -0.39 is 0 Å². The van der Waals surface area contributed by atoms with Gasteiger partial charge in [0.1, 0.15) is 0 Å². The van der Waals surface area contributed by atoms with Crippen molar-refractivity contribution in [2.75, 3.05) is 0 Å². The average molecular weight is 927 g/mol. The molecule has 0 unspecified atom stereocenters. The number of hydrogen-bond donors (Lipinski definition) is 0. The second kappa shape index (κ2) is 14.5.